The Kier molecular flexibility index (Phi) is 8.43. The van der Waals surface area contributed by atoms with E-state index in [1.165, 1.54) is 4.90 Å². The van der Waals surface area contributed by atoms with Crippen molar-refractivity contribution in [3.05, 3.63) is 54.1 Å². The average molecular weight is 454 g/mol. The van der Waals surface area contributed by atoms with Crippen molar-refractivity contribution in [3.8, 4) is 16.9 Å². The third-order valence-electron chi connectivity index (χ3n) is 5.53. The summed E-state index contributed by atoms with van der Waals surface area (Å²) in [6, 6.07) is 13.8. The lowest BCUT2D eigenvalue weighted by Crippen LogP contribution is -2.49. The highest BCUT2D eigenvalue weighted by Gasteiger charge is 2.28. The van der Waals surface area contributed by atoms with Crippen LogP contribution in [0, 0.1) is 0 Å². The van der Waals surface area contributed by atoms with E-state index in [1.54, 1.807) is 26.3 Å². The smallest absolute Gasteiger partial charge is 0.254 e. The van der Waals surface area contributed by atoms with Crippen LogP contribution < -0.4 is 15.4 Å². The van der Waals surface area contributed by atoms with E-state index in [0.717, 1.165) is 11.1 Å². The molecule has 0 spiro atoms. The lowest BCUT2D eigenvalue weighted by molar-refractivity contribution is -0.126. The molecule has 0 aromatic heterocycles. The standard InChI is InChI=1S/C25H31N3O5/c1-17-16-33-21-9-5-7-19(15-21)18-6-4-8-20(14-18)25(31)28(2)22(10-11-23(29)27-17)24(30)26-12-13-32-3/h4-9,14-15,17,22H,10-13,16H2,1-3H3,(H,26,30)(H,27,29). The van der Waals surface area contributed by atoms with Crippen LogP contribution in [0.3, 0.4) is 0 Å². The number of rotatable bonds is 4. The molecule has 3 amide bonds. The van der Waals surface area contributed by atoms with Crippen LogP contribution in [0.4, 0.5) is 0 Å². The molecule has 0 saturated heterocycles. The number of hydrogen-bond acceptors (Lipinski definition) is 5. The van der Waals surface area contributed by atoms with Gasteiger partial charge >= 0.3 is 0 Å². The van der Waals surface area contributed by atoms with Gasteiger partial charge in [-0.1, -0.05) is 24.3 Å². The maximum atomic E-state index is 13.3. The number of nitrogens with one attached hydrogen (secondary N) is 2. The van der Waals surface area contributed by atoms with E-state index < -0.39 is 6.04 Å². The van der Waals surface area contributed by atoms with Gasteiger partial charge in [0.05, 0.1) is 12.6 Å². The number of benzene rings is 2. The molecule has 176 valence electrons. The fraction of sp³-hybridized carbons (Fsp3) is 0.400. The van der Waals surface area contributed by atoms with E-state index in [4.69, 9.17) is 9.47 Å². The molecule has 0 fully saturated rings. The summed E-state index contributed by atoms with van der Waals surface area (Å²) in [4.78, 5) is 40.1. The Hall–Kier alpha value is -3.39. The van der Waals surface area contributed by atoms with Crippen LogP contribution in [-0.2, 0) is 14.3 Å². The summed E-state index contributed by atoms with van der Waals surface area (Å²) >= 11 is 0. The van der Waals surface area contributed by atoms with Gasteiger partial charge in [-0.3, -0.25) is 14.4 Å². The van der Waals surface area contributed by atoms with Crippen LogP contribution in [0.1, 0.15) is 30.1 Å². The van der Waals surface area contributed by atoms with E-state index in [-0.39, 0.29) is 36.6 Å². The maximum Gasteiger partial charge on any atom is 0.254 e. The van der Waals surface area contributed by atoms with Crippen LogP contribution in [0.25, 0.3) is 11.1 Å². The second-order valence-corrected chi connectivity index (χ2v) is 8.14. The third-order valence-corrected chi connectivity index (χ3v) is 5.53. The molecule has 1 aliphatic heterocycles. The molecule has 0 aliphatic carbocycles. The van der Waals surface area contributed by atoms with Gasteiger partial charge in [-0.2, -0.15) is 0 Å². The van der Waals surface area contributed by atoms with Crippen molar-refractivity contribution < 1.29 is 23.9 Å². The van der Waals surface area contributed by atoms with Crippen molar-refractivity contribution in [2.24, 2.45) is 0 Å². The molecular formula is C25H31N3O5. The van der Waals surface area contributed by atoms with Crippen molar-refractivity contribution >= 4 is 17.7 Å². The Balaban J connectivity index is 1.94. The van der Waals surface area contributed by atoms with Crippen molar-refractivity contribution in [1.82, 2.24) is 15.5 Å². The predicted octanol–water partition coefficient (Wildman–Crippen LogP) is 2.23. The number of ether oxygens (including phenoxy) is 2. The second kappa shape index (κ2) is 11.5. The van der Waals surface area contributed by atoms with Gasteiger partial charge in [0.15, 0.2) is 0 Å². The summed E-state index contributed by atoms with van der Waals surface area (Å²) in [5, 5.41) is 5.68. The Labute approximate surface area is 194 Å². The monoisotopic (exact) mass is 453 g/mol. The summed E-state index contributed by atoms with van der Waals surface area (Å²) in [5.74, 6) is -0.138. The fourth-order valence-corrected chi connectivity index (χ4v) is 3.71. The molecule has 8 nitrogen and oxygen atoms in total. The van der Waals surface area contributed by atoms with Gasteiger partial charge in [0.1, 0.15) is 18.4 Å². The molecule has 2 atom stereocenters. The summed E-state index contributed by atoms with van der Waals surface area (Å²) in [7, 11) is 3.14. The molecule has 3 rings (SSSR count). The molecule has 1 heterocycles. The molecular weight excluding hydrogens is 422 g/mol. The summed E-state index contributed by atoms with van der Waals surface area (Å²) < 4.78 is 10.9. The van der Waals surface area contributed by atoms with Crippen LogP contribution in [0.15, 0.2) is 48.5 Å². The number of carbonyl (C=O) groups is 3. The quantitative estimate of drug-likeness (QED) is 0.692. The van der Waals surface area contributed by atoms with Gasteiger partial charge in [0.2, 0.25) is 11.8 Å². The minimum Gasteiger partial charge on any atom is -0.491 e. The topological polar surface area (TPSA) is 97.0 Å². The minimum absolute atomic E-state index is 0.0971. The van der Waals surface area contributed by atoms with Gasteiger partial charge in [0.25, 0.3) is 5.91 Å². The van der Waals surface area contributed by atoms with E-state index >= 15 is 0 Å². The van der Waals surface area contributed by atoms with Crippen molar-refractivity contribution in [1.29, 1.82) is 0 Å². The number of amides is 3. The zero-order chi connectivity index (χ0) is 23.8. The molecule has 4 bridgehead atoms. The number of nitrogens with zero attached hydrogens (tertiary/aromatic N) is 1. The number of carbonyl (C=O) groups excluding carboxylic acids is 3. The molecule has 2 unspecified atom stereocenters. The summed E-state index contributed by atoms with van der Waals surface area (Å²) in [5.41, 5.74) is 2.23. The van der Waals surface area contributed by atoms with E-state index in [0.29, 0.717) is 31.1 Å². The van der Waals surface area contributed by atoms with Crippen molar-refractivity contribution in [2.75, 3.05) is 33.9 Å². The second-order valence-electron chi connectivity index (χ2n) is 8.14. The number of fused-ring (bicyclic) bond motifs is 5. The van der Waals surface area contributed by atoms with Crippen molar-refractivity contribution in [2.45, 2.75) is 31.8 Å². The Morgan fingerprint density at radius 2 is 1.85 bits per heavy atom. The Morgan fingerprint density at radius 3 is 2.61 bits per heavy atom. The zero-order valence-corrected chi connectivity index (χ0v) is 19.3. The Morgan fingerprint density at radius 1 is 1.15 bits per heavy atom. The van der Waals surface area contributed by atoms with Gasteiger partial charge in [-0.15, -0.1) is 0 Å². The summed E-state index contributed by atoms with van der Waals surface area (Å²) in [6.45, 7) is 2.85. The highest BCUT2D eigenvalue weighted by molar-refractivity contribution is 5.98. The molecule has 1 aliphatic rings. The van der Waals surface area contributed by atoms with Crippen LogP contribution in [-0.4, -0.2) is 68.6 Å². The predicted molar refractivity (Wildman–Crippen MR) is 125 cm³/mol. The SMILES string of the molecule is COCCNC(=O)C1CCC(=O)NC(C)COc2cccc(c2)-c2cccc(c2)C(=O)N1C. The van der Waals surface area contributed by atoms with Gasteiger partial charge in [-0.05, 0) is 48.7 Å². The first-order chi connectivity index (χ1) is 15.9. The first-order valence-electron chi connectivity index (χ1n) is 11.1. The molecule has 33 heavy (non-hydrogen) atoms. The third kappa shape index (κ3) is 6.55. The molecule has 2 aromatic rings. The average Bonchev–Trinajstić information content (AvgIpc) is 2.82. The Bertz CT molecular complexity index is 994. The van der Waals surface area contributed by atoms with Crippen molar-refractivity contribution in [3.63, 3.8) is 0 Å². The highest BCUT2D eigenvalue weighted by atomic mass is 16.5. The van der Waals surface area contributed by atoms with Crippen LogP contribution in [0.2, 0.25) is 0 Å². The lowest BCUT2D eigenvalue weighted by Gasteiger charge is -2.28. The first kappa shape index (κ1) is 24.3. The number of likely N-dealkylation sites (N-methyl/N-ethyl adjacent to an activating group) is 1. The lowest BCUT2D eigenvalue weighted by atomic mass is 10.0. The van der Waals surface area contributed by atoms with E-state index in [1.807, 2.05) is 43.3 Å². The molecule has 2 aromatic carbocycles. The first-order valence-corrected chi connectivity index (χ1v) is 11.1. The van der Waals surface area contributed by atoms with E-state index in [9.17, 15) is 14.4 Å². The molecule has 0 saturated carbocycles. The largest absolute Gasteiger partial charge is 0.491 e. The molecule has 2 N–H and O–H groups in total. The maximum absolute atomic E-state index is 13.3. The number of hydrogen-bond donors (Lipinski definition) is 2. The molecule has 0 radical (unpaired) electrons. The van der Waals surface area contributed by atoms with Gasteiger partial charge < -0.3 is 25.0 Å². The molecule has 8 heteroatoms. The zero-order valence-electron chi connectivity index (χ0n) is 19.3. The summed E-state index contributed by atoms with van der Waals surface area (Å²) in [6.07, 6.45) is 0.291. The highest BCUT2D eigenvalue weighted by Crippen LogP contribution is 2.25. The van der Waals surface area contributed by atoms with Gasteiger partial charge in [0, 0.05) is 32.7 Å². The normalized spacial score (nSPS) is 19.4. The minimum atomic E-state index is -0.799. The van der Waals surface area contributed by atoms with Crippen LogP contribution >= 0.6 is 0 Å². The van der Waals surface area contributed by atoms with E-state index in [2.05, 4.69) is 10.6 Å². The fourth-order valence-electron chi connectivity index (χ4n) is 3.71. The van der Waals surface area contributed by atoms with Gasteiger partial charge in [-0.25, -0.2) is 0 Å². The van der Waals surface area contributed by atoms with Crippen LogP contribution in [0.5, 0.6) is 5.75 Å². The number of methoxy groups -OCH3 is 1.